The minimum Gasteiger partial charge on any atom is -0.354 e. The van der Waals surface area contributed by atoms with Crippen LogP contribution in [0, 0.1) is 0 Å². The van der Waals surface area contributed by atoms with E-state index in [-0.39, 0.29) is 12.3 Å². The highest BCUT2D eigenvalue weighted by Crippen LogP contribution is 2.33. The first-order valence-electron chi connectivity index (χ1n) is 11.1. The number of carbonyl (C=O) groups is 2. The van der Waals surface area contributed by atoms with Gasteiger partial charge in [0, 0.05) is 36.2 Å². The summed E-state index contributed by atoms with van der Waals surface area (Å²) in [6.07, 6.45) is 1.41. The first kappa shape index (κ1) is 27.4. The Hall–Kier alpha value is -3.23. The van der Waals surface area contributed by atoms with Gasteiger partial charge in [-0.2, -0.15) is 10.1 Å². The summed E-state index contributed by atoms with van der Waals surface area (Å²) in [5, 5.41) is 9.06. The van der Waals surface area contributed by atoms with E-state index in [1.165, 1.54) is 26.2 Å². The Balaban J connectivity index is 1.89. The molecule has 9 heteroatoms. The van der Waals surface area contributed by atoms with Crippen LogP contribution in [-0.4, -0.2) is 45.1 Å². The molecule has 0 saturated carbocycles. The lowest BCUT2D eigenvalue weighted by atomic mass is 10.0. The third-order valence-electron chi connectivity index (χ3n) is 5.37. The average Bonchev–Trinajstić information content (AvgIpc) is 2.88. The number of carbonyl (C=O) groups excluding carboxylic acids is 2. The van der Waals surface area contributed by atoms with Gasteiger partial charge in [-0.1, -0.05) is 77.8 Å². The summed E-state index contributed by atoms with van der Waals surface area (Å²) in [6, 6.07) is 19.4. The number of hydrogen-bond acceptors (Lipinski definition) is 5. The van der Waals surface area contributed by atoms with Crippen LogP contribution in [-0.2, 0) is 15.9 Å². The van der Waals surface area contributed by atoms with Gasteiger partial charge in [0.25, 0.3) is 0 Å². The van der Waals surface area contributed by atoms with Crippen molar-refractivity contribution >= 4 is 46.9 Å². The number of rotatable bonds is 10. The molecule has 0 heterocycles. The Morgan fingerprint density at radius 3 is 2.17 bits per heavy atom. The van der Waals surface area contributed by atoms with E-state index in [1.807, 2.05) is 42.5 Å². The van der Waals surface area contributed by atoms with E-state index in [9.17, 15) is 9.59 Å². The average molecular weight is 528 g/mol. The number of hydrogen-bond donors (Lipinski definition) is 1. The lowest BCUT2D eigenvalue weighted by Gasteiger charge is -2.21. The summed E-state index contributed by atoms with van der Waals surface area (Å²) in [4.78, 5) is 24.6. The molecule has 188 valence electrons. The molecule has 3 rings (SSSR count). The van der Waals surface area contributed by atoms with E-state index < -0.39 is 12.3 Å². The van der Waals surface area contributed by atoms with Crippen LogP contribution in [0.15, 0.2) is 71.8 Å². The van der Waals surface area contributed by atoms with Gasteiger partial charge in [0.05, 0.1) is 18.4 Å². The van der Waals surface area contributed by atoms with E-state index in [0.29, 0.717) is 33.3 Å². The first-order valence-corrected chi connectivity index (χ1v) is 11.9. The van der Waals surface area contributed by atoms with Gasteiger partial charge in [0.1, 0.15) is 0 Å². The van der Waals surface area contributed by atoms with Crippen molar-refractivity contribution in [1.29, 1.82) is 0 Å². The second kappa shape index (κ2) is 13.2. The zero-order valence-electron chi connectivity index (χ0n) is 20.2. The van der Waals surface area contributed by atoms with E-state index in [1.54, 1.807) is 30.5 Å². The Morgan fingerprint density at radius 1 is 1.00 bits per heavy atom. The third kappa shape index (κ3) is 7.38. The van der Waals surface area contributed by atoms with Crippen molar-refractivity contribution < 1.29 is 19.1 Å². The molecule has 1 N–H and O–H groups in total. The number of benzene rings is 3. The fourth-order valence-electron chi connectivity index (χ4n) is 3.35. The number of nitrogens with one attached hydrogen (secondary N) is 1. The number of nitrogens with zero attached hydrogens (tertiary/aromatic N) is 2. The number of ether oxygens (including phenoxy) is 2. The molecule has 0 fully saturated rings. The topological polar surface area (TPSA) is 80.2 Å². The summed E-state index contributed by atoms with van der Waals surface area (Å²) in [5.74, 6) is -0.00119. The maximum atomic E-state index is 13.1. The predicted octanol–water partition coefficient (Wildman–Crippen LogP) is 5.96. The Labute approximate surface area is 220 Å². The van der Waals surface area contributed by atoms with Gasteiger partial charge in [-0.25, -0.2) is 4.79 Å². The quantitative estimate of drug-likeness (QED) is 0.153. The van der Waals surface area contributed by atoms with Crippen molar-refractivity contribution in [2.75, 3.05) is 25.8 Å². The number of amides is 2. The summed E-state index contributed by atoms with van der Waals surface area (Å²) in [6.45, 7) is 1.63. The maximum Gasteiger partial charge on any atom is 0.342 e. The van der Waals surface area contributed by atoms with E-state index in [4.69, 9.17) is 32.7 Å². The monoisotopic (exact) mass is 527 g/mol. The number of hydrazone groups is 1. The van der Waals surface area contributed by atoms with Crippen LogP contribution >= 0.6 is 23.2 Å². The van der Waals surface area contributed by atoms with Crippen LogP contribution in [0.5, 0.6) is 0 Å². The first-order chi connectivity index (χ1) is 17.3. The van der Waals surface area contributed by atoms with Gasteiger partial charge in [0.2, 0.25) is 0 Å². The molecular weight excluding hydrogens is 501 g/mol. The highest BCUT2D eigenvalue weighted by Gasteiger charge is 2.20. The van der Waals surface area contributed by atoms with Crippen LogP contribution in [0.4, 0.5) is 10.5 Å². The molecule has 0 aliphatic heterocycles. The molecule has 36 heavy (non-hydrogen) atoms. The Kier molecular flexibility index (Phi) is 10.0. The molecule has 0 aliphatic rings. The highest BCUT2D eigenvalue weighted by molar-refractivity contribution is 6.36. The highest BCUT2D eigenvalue weighted by atomic mass is 35.5. The van der Waals surface area contributed by atoms with Crippen LogP contribution in [0.25, 0.3) is 0 Å². The third-order valence-corrected chi connectivity index (χ3v) is 6.05. The van der Waals surface area contributed by atoms with Crippen molar-refractivity contribution in [3.05, 3.63) is 99.0 Å². The summed E-state index contributed by atoms with van der Waals surface area (Å²) in [5.41, 5.74) is 3.47. The Bertz CT molecular complexity index is 1190. The van der Waals surface area contributed by atoms with Crippen LogP contribution in [0.1, 0.15) is 34.0 Å². The smallest absolute Gasteiger partial charge is 0.342 e. The largest absolute Gasteiger partial charge is 0.354 e. The molecule has 3 aromatic carbocycles. The van der Waals surface area contributed by atoms with Crippen molar-refractivity contribution in [1.82, 2.24) is 5.32 Å². The molecule has 0 aliphatic carbocycles. The SMILES string of the molecule is COC(CNC(=O)N(/N=C\c1ccccc1)c1cc(Cl)c(Cc2ccc(C(C)=O)cc2)c(Cl)c1)OC. The minimum absolute atomic E-state index is 0.00119. The molecule has 0 radical (unpaired) electrons. The molecule has 0 bridgehead atoms. The molecule has 7 nitrogen and oxygen atoms in total. The van der Waals surface area contributed by atoms with Gasteiger partial charge < -0.3 is 14.8 Å². The van der Waals surface area contributed by atoms with Crippen LogP contribution < -0.4 is 10.3 Å². The second-order valence-electron chi connectivity index (χ2n) is 7.87. The molecule has 2 amide bonds. The zero-order chi connectivity index (χ0) is 26.1. The fraction of sp³-hybridized carbons (Fsp3) is 0.222. The molecule has 0 aromatic heterocycles. The van der Waals surface area contributed by atoms with Crippen molar-refractivity contribution in [3.63, 3.8) is 0 Å². The molecule has 0 atom stereocenters. The lowest BCUT2D eigenvalue weighted by Crippen LogP contribution is -2.41. The minimum atomic E-state index is -0.613. The van der Waals surface area contributed by atoms with Crippen molar-refractivity contribution in [3.8, 4) is 0 Å². The molecule has 3 aromatic rings. The number of halogens is 2. The number of methoxy groups -OCH3 is 2. The van der Waals surface area contributed by atoms with E-state index >= 15 is 0 Å². The second-order valence-corrected chi connectivity index (χ2v) is 8.69. The maximum absolute atomic E-state index is 13.1. The predicted molar refractivity (Wildman–Crippen MR) is 143 cm³/mol. The standard InChI is InChI=1S/C27H27Cl2N3O4/c1-18(33)21-11-9-19(10-12-21)13-23-24(28)14-22(15-25(23)29)32(27(34)30-17-26(35-2)36-3)31-16-20-7-5-4-6-8-20/h4-12,14-16,26H,13,17H2,1-3H3,(H,30,34)/b31-16-. The number of urea groups is 1. The molecule has 0 spiro atoms. The summed E-state index contributed by atoms with van der Waals surface area (Å²) < 4.78 is 10.3. The van der Waals surface area contributed by atoms with Gasteiger partial charge >= 0.3 is 6.03 Å². The molecular formula is C27H27Cl2N3O4. The normalized spacial score (nSPS) is 11.2. The summed E-state index contributed by atoms with van der Waals surface area (Å²) >= 11 is 13.2. The Morgan fingerprint density at radius 2 is 1.61 bits per heavy atom. The van der Waals surface area contributed by atoms with Gasteiger partial charge in [-0.3, -0.25) is 4.79 Å². The summed E-state index contributed by atoms with van der Waals surface area (Å²) in [7, 11) is 2.97. The van der Waals surface area contributed by atoms with Gasteiger partial charge in [-0.05, 0) is 35.7 Å². The lowest BCUT2D eigenvalue weighted by molar-refractivity contribution is -0.0970. The fourth-order valence-corrected chi connectivity index (χ4v) is 3.96. The molecule has 0 unspecified atom stereocenters. The van der Waals surface area contributed by atoms with Gasteiger partial charge in [-0.15, -0.1) is 0 Å². The number of Topliss-reactive ketones (excluding diaryl/α,β-unsaturated/α-hetero) is 1. The van der Waals surface area contributed by atoms with E-state index in [0.717, 1.165) is 11.1 Å². The van der Waals surface area contributed by atoms with Crippen molar-refractivity contribution in [2.24, 2.45) is 5.10 Å². The zero-order valence-corrected chi connectivity index (χ0v) is 21.7. The number of anilines is 1. The van der Waals surface area contributed by atoms with Gasteiger partial charge in [0.15, 0.2) is 12.1 Å². The molecule has 0 saturated heterocycles. The van der Waals surface area contributed by atoms with Crippen LogP contribution in [0.3, 0.4) is 0 Å². The number of ketones is 1. The van der Waals surface area contributed by atoms with Crippen LogP contribution in [0.2, 0.25) is 10.0 Å². The van der Waals surface area contributed by atoms with E-state index in [2.05, 4.69) is 10.4 Å². The van der Waals surface area contributed by atoms with Crippen molar-refractivity contribution in [2.45, 2.75) is 19.6 Å².